The number of rotatable bonds is 4. The van der Waals surface area contributed by atoms with Crippen LogP contribution in [0.4, 0.5) is 4.39 Å². The number of carbonyl (C=O) groups is 1. The van der Waals surface area contributed by atoms with Crippen molar-refractivity contribution in [2.75, 3.05) is 13.1 Å². The number of nitrogens with zero attached hydrogens (tertiary/aromatic N) is 4. The number of amides is 1. The van der Waals surface area contributed by atoms with Crippen LogP contribution in [0.1, 0.15) is 54.2 Å². The van der Waals surface area contributed by atoms with Crippen LogP contribution < -0.4 is 0 Å². The number of pyridine rings is 1. The van der Waals surface area contributed by atoms with E-state index in [1.807, 2.05) is 0 Å². The lowest BCUT2D eigenvalue weighted by Gasteiger charge is -2.41. The average Bonchev–Trinajstić information content (AvgIpc) is 3.31. The standard InChI is InChI=1S/C18H21FN4O2/c1-12-21-17(22-25-12)18(9-13-3-4-13)6-2-8-23(11-18)16(24)14-5-7-20-10-15(14)19/h5,7,10,13H,2-4,6,8-9,11H2,1H3. The van der Waals surface area contributed by atoms with Gasteiger partial charge in [-0.25, -0.2) is 4.39 Å². The number of piperidine rings is 1. The lowest BCUT2D eigenvalue weighted by atomic mass is 9.74. The zero-order valence-corrected chi connectivity index (χ0v) is 14.2. The van der Waals surface area contributed by atoms with Gasteiger partial charge in [0.1, 0.15) is 0 Å². The number of halogens is 1. The Balaban J connectivity index is 1.63. The Morgan fingerprint density at radius 2 is 2.32 bits per heavy atom. The zero-order chi connectivity index (χ0) is 17.4. The van der Waals surface area contributed by atoms with Gasteiger partial charge in [0.05, 0.1) is 17.2 Å². The molecule has 3 heterocycles. The van der Waals surface area contributed by atoms with Gasteiger partial charge in [-0.1, -0.05) is 18.0 Å². The molecule has 1 unspecified atom stereocenters. The lowest BCUT2D eigenvalue weighted by molar-refractivity contribution is 0.0602. The second-order valence-electron chi connectivity index (χ2n) is 7.25. The molecule has 0 N–H and O–H groups in total. The van der Waals surface area contributed by atoms with Gasteiger partial charge in [0.2, 0.25) is 5.89 Å². The van der Waals surface area contributed by atoms with E-state index >= 15 is 0 Å². The van der Waals surface area contributed by atoms with Crippen LogP contribution in [0, 0.1) is 18.7 Å². The van der Waals surface area contributed by atoms with Gasteiger partial charge in [0, 0.05) is 26.2 Å². The van der Waals surface area contributed by atoms with Crippen LogP contribution in [0.25, 0.3) is 0 Å². The van der Waals surface area contributed by atoms with Crippen molar-refractivity contribution in [3.8, 4) is 0 Å². The highest BCUT2D eigenvalue weighted by atomic mass is 19.1. The van der Waals surface area contributed by atoms with E-state index in [9.17, 15) is 9.18 Å². The molecule has 25 heavy (non-hydrogen) atoms. The smallest absolute Gasteiger partial charge is 0.256 e. The molecule has 7 heteroatoms. The average molecular weight is 344 g/mol. The van der Waals surface area contributed by atoms with Crippen LogP contribution in [0.2, 0.25) is 0 Å². The summed E-state index contributed by atoms with van der Waals surface area (Å²) in [5.41, 5.74) is -0.224. The molecule has 2 aromatic rings. The Hall–Kier alpha value is -2.31. The molecule has 1 saturated carbocycles. The summed E-state index contributed by atoms with van der Waals surface area (Å²) in [4.78, 5) is 22.8. The topological polar surface area (TPSA) is 72.1 Å². The predicted octanol–water partition coefficient (Wildman–Crippen LogP) is 2.89. The Morgan fingerprint density at radius 1 is 1.48 bits per heavy atom. The van der Waals surface area contributed by atoms with Crippen LogP contribution in [-0.2, 0) is 5.41 Å². The minimum Gasteiger partial charge on any atom is -0.340 e. The first kappa shape index (κ1) is 16.2. The molecule has 1 saturated heterocycles. The summed E-state index contributed by atoms with van der Waals surface area (Å²) in [6.45, 7) is 2.90. The third kappa shape index (κ3) is 3.15. The molecule has 132 valence electrons. The Kier molecular flexibility index (Phi) is 4.01. The minimum absolute atomic E-state index is 0.0708. The quantitative estimate of drug-likeness (QED) is 0.853. The van der Waals surface area contributed by atoms with Crippen molar-refractivity contribution in [3.63, 3.8) is 0 Å². The predicted molar refractivity (Wildman–Crippen MR) is 87.4 cm³/mol. The first-order valence-corrected chi connectivity index (χ1v) is 8.77. The van der Waals surface area contributed by atoms with Gasteiger partial charge in [-0.15, -0.1) is 0 Å². The molecule has 2 fully saturated rings. The second-order valence-corrected chi connectivity index (χ2v) is 7.25. The van der Waals surface area contributed by atoms with Crippen molar-refractivity contribution >= 4 is 5.91 Å². The summed E-state index contributed by atoms with van der Waals surface area (Å²) < 4.78 is 19.2. The summed E-state index contributed by atoms with van der Waals surface area (Å²) in [6, 6.07) is 1.44. The number of hydrogen-bond donors (Lipinski definition) is 0. The van der Waals surface area contributed by atoms with E-state index in [2.05, 4.69) is 15.1 Å². The van der Waals surface area contributed by atoms with Crippen LogP contribution in [-0.4, -0.2) is 39.0 Å². The first-order valence-electron chi connectivity index (χ1n) is 8.77. The Bertz CT molecular complexity index is 789. The third-order valence-corrected chi connectivity index (χ3v) is 5.25. The summed E-state index contributed by atoms with van der Waals surface area (Å²) in [5, 5.41) is 4.17. The Labute approximate surface area is 145 Å². The van der Waals surface area contributed by atoms with Crippen LogP contribution in [0.15, 0.2) is 23.0 Å². The highest BCUT2D eigenvalue weighted by molar-refractivity contribution is 5.94. The largest absolute Gasteiger partial charge is 0.340 e. The van der Waals surface area contributed by atoms with Gasteiger partial charge in [-0.2, -0.15) is 4.98 Å². The van der Waals surface area contributed by atoms with Crippen molar-refractivity contribution in [3.05, 3.63) is 41.6 Å². The van der Waals surface area contributed by atoms with Crippen molar-refractivity contribution in [2.24, 2.45) is 5.92 Å². The normalized spacial score (nSPS) is 23.7. The summed E-state index contributed by atoms with van der Waals surface area (Å²) >= 11 is 0. The fourth-order valence-corrected chi connectivity index (χ4v) is 3.85. The maximum atomic E-state index is 14.0. The van der Waals surface area contributed by atoms with E-state index in [0.29, 0.717) is 30.7 Å². The molecule has 1 atom stereocenters. The summed E-state index contributed by atoms with van der Waals surface area (Å²) in [7, 11) is 0. The maximum absolute atomic E-state index is 14.0. The fourth-order valence-electron chi connectivity index (χ4n) is 3.85. The zero-order valence-electron chi connectivity index (χ0n) is 14.2. The highest BCUT2D eigenvalue weighted by Gasteiger charge is 2.45. The van der Waals surface area contributed by atoms with Crippen LogP contribution in [0.3, 0.4) is 0 Å². The van der Waals surface area contributed by atoms with Gasteiger partial charge < -0.3 is 9.42 Å². The molecule has 0 bridgehead atoms. The number of carbonyl (C=O) groups excluding carboxylic acids is 1. The fraction of sp³-hybridized carbons (Fsp3) is 0.556. The van der Waals surface area contributed by atoms with Gasteiger partial charge in [0.15, 0.2) is 11.6 Å². The number of aromatic nitrogens is 3. The number of hydrogen-bond acceptors (Lipinski definition) is 5. The van der Waals surface area contributed by atoms with Crippen molar-refractivity contribution in [1.29, 1.82) is 0 Å². The molecule has 1 amide bonds. The molecule has 1 aliphatic carbocycles. The summed E-state index contributed by atoms with van der Waals surface area (Å²) in [6.07, 6.45) is 7.67. The van der Waals surface area contributed by atoms with Crippen LogP contribution >= 0.6 is 0 Å². The maximum Gasteiger partial charge on any atom is 0.256 e. The van der Waals surface area contributed by atoms with Gasteiger partial charge in [-0.05, 0) is 31.2 Å². The number of aryl methyl sites for hydroxylation is 1. The lowest BCUT2D eigenvalue weighted by Crippen LogP contribution is -2.49. The van der Waals surface area contributed by atoms with E-state index < -0.39 is 5.82 Å². The second kappa shape index (κ2) is 6.20. The van der Waals surface area contributed by atoms with Crippen LogP contribution in [0.5, 0.6) is 0 Å². The van der Waals surface area contributed by atoms with Crippen molar-refractivity contribution in [1.82, 2.24) is 20.0 Å². The molecule has 0 aromatic carbocycles. The van der Waals surface area contributed by atoms with Crippen molar-refractivity contribution < 1.29 is 13.7 Å². The van der Waals surface area contributed by atoms with E-state index in [1.54, 1.807) is 11.8 Å². The first-order chi connectivity index (χ1) is 12.1. The molecule has 6 nitrogen and oxygen atoms in total. The Morgan fingerprint density at radius 3 is 3.00 bits per heavy atom. The van der Waals surface area contributed by atoms with E-state index in [-0.39, 0.29) is 16.9 Å². The number of likely N-dealkylation sites (tertiary alicyclic amines) is 1. The van der Waals surface area contributed by atoms with E-state index in [0.717, 1.165) is 25.5 Å². The molecule has 1 aliphatic heterocycles. The van der Waals surface area contributed by atoms with Gasteiger partial charge in [-0.3, -0.25) is 9.78 Å². The molecule has 2 aliphatic rings. The highest BCUT2D eigenvalue weighted by Crippen LogP contribution is 2.45. The molecule has 2 aromatic heterocycles. The van der Waals surface area contributed by atoms with Crippen molar-refractivity contribution in [2.45, 2.75) is 44.4 Å². The molecule has 0 radical (unpaired) electrons. The summed E-state index contributed by atoms with van der Waals surface area (Å²) in [5.74, 6) is 1.01. The van der Waals surface area contributed by atoms with E-state index in [1.165, 1.54) is 25.1 Å². The van der Waals surface area contributed by atoms with Gasteiger partial charge in [0.25, 0.3) is 5.91 Å². The SMILES string of the molecule is Cc1nc(C2(CC3CC3)CCCN(C(=O)c3ccncc3F)C2)no1. The molecule has 0 spiro atoms. The monoisotopic (exact) mass is 344 g/mol. The minimum atomic E-state index is -0.582. The van der Waals surface area contributed by atoms with Gasteiger partial charge >= 0.3 is 0 Å². The molecular weight excluding hydrogens is 323 g/mol. The molecular formula is C18H21FN4O2. The third-order valence-electron chi connectivity index (χ3n) is 5.25. The van der Waals surface area contributed by atoms with E-state index in [4.69, 9.17) is 4.52 Å². The molecule has 4 rings (SSSR count).